The van der Waals surface area contributed by atoms with Crippen LogP contribution >= 0.6 is 39.9 Å². The SMILES string of the molecule is CN=C(NCC1(c2ccccc2Br)CC1)NC1C2CCOC2C1(C)C.I. The Balaban J connectivity index is 0.00000196. The Morgan fingerprint density at radius 1 is 1.31 bits per heavy atom. The maximum atomic E-state index is 5.90. The monoisotopic (exact) mass is 533 g/mol. The molecule has 0 bridgehead atoms. The summed E-state index contributed by atoms with van der Waals surface area (Å²) in [5.74, 6) is 1.54. The fourth-order valence-electron chi connectivity index (χ4n) is 4.80. The van der Waals surface area contributed by atoms with Crippen molar-refractivity contribution in [2.45, 2.75) is 50.7 Å². The Labute approximate surface area is 182 Å². The third-order valence-corrected chi connectivity index (χ3v) is 7.20. The van der Waals surface area contributed by atoms with Crippen LogP contribution in [0.2, 0.25) is 0 Å². The van der Waals surface area contributed by atoms with Crippen molar-refractivity contribution >= 4 is 45.9 Å². The molecule has 2 aliphatic carbocycles. The largest absolute Gasteiger partial charge is 0.377 e. The number of halogens is 2. The van der Waals surface area contributed by atoms with Crippen LogP contribution in [0, 0.1) is 11.3 Å². The molecule has 144 valence electrons. The summed E-state index contributed by atoms with van der Waals surface area (Å²) in [5.41, 5.74) is 1.82. The van der Waals surface area contributed by atoms with Gasteiger partial charge in [0.25, 0.3) is 0 Å². The third kappa shape index (κ3) is 3.41. The van der Waals surface area contributed by atoms with E-state index in [2.05, 4.69) is 69.7 Å². The lowest BCUT2D eigenvalue weighted by Gasteiger charge is -2.55. The minimum Gasteiger partial charge on any atom is -0.377 e. The third-order valence-electron chi connectivity index (χ3n) is 6.51. The number of nitrogens with one attached hydrogen (secondary N) is 2. The lowest BCUT2D eigenvalue weighted by Crippen LogP contribution is -2.68. The van der Waals surface area contributed by atoms with Gasteiger partial charge in [-0.05, 0) is 30.9 Å². The van der Waals surface area contributed by atoms with Crippen LogP contribution in [0.5, 0.6) is 0 Å². The van der Waals surface area contributed by atoms with Crippen molar-refractivity contribution in [1.29, 1.82) is 0 Å². The first-order valence-corrected chi connectivity index (χ1v) is 10.1. The molecule has 3 aliphatic rings. The summed E-state index contributed by atoms with van der Waals surface area (Å²) in [4.78, 5) is 4.48. The fourth-order valence-corrected chi connectivity index (χ4v) is 5.50. The highest BCUT2D eigenvalue weighted by Crippen LogP contribution is 2.52. The molecule has 0 amide bonds. The molecule has 1 aromatic carbocycles. The zero-order valence-electron chi connectivity index (χ0n) is 15.7. The topological polar surface area (TPSA) is 45.7 Å². The zero-order valence-corrected chi connectivity index (χ0v) is 19.6. The lowest BCUT2D eigenvalue weighted by molar-refractivity contribution is -0.106. The van der Waals surface area contributed by atoms with Crippen molar-refractivity contribution in [3.63, 3.8) is 0 Å². The summed E-state index contributed by atoms with van der Waals surface area (Å²) in [6.07, 6.45) is 4.02. The van der Waals surface area contributed by atoms with Crippen molar-refractivity contribution in [3.8, 4) is 0 Å². The van der Waals surface area contributed by atoms with Crippen LogP contribution < -0.4 is 10.6 Å². The number of guanidine groups is 1. The van der Waals surface area contributed by atoms with E-state index in [1.807, 2.05) is 7.05 Å². The molecule has 26 heavy (non-hydrogen) atoms. The van der Waals surface area contributed by atoms with Gasteiger partial charge < -0.3 is 15.4 Å². The maximum Gasteiger partial charge on any atom is 0.191 e. The van der Waals surface area contributed by atoms with Crippen LogP contribution in [0.3, 0.4) is 0 Å². The highest BCUT2D eigenvalue weighted by atomic mass is 127. The predicted octanol–water partition coefficient (Wildman–Crippen LogP) is 4.08. The fraction of sp³-hybridized carbons (Fsp3) is 0.650. The minimum atomic E-state index is 0. The molecule has 0 aromatic heterocycles. The summed E-state index contributed by atoms with van der Waals surface area (Å²) >= 11 is 3.71. The van der Waals surface area contributed by atoms with E-state index in [1.165, 1.54) is 22.9 Å². The van der Waals surface area contributed by atoms with E-state index in [1.54, 1.807) is 0 Å². The van der Waals surface area contributed by atoms with Crippen molar-refractivity contribution < 1.29 is 4.74 Å². The minimum absolute atomic E-state index is 0. The molecule has 1 saturated heterocycles. The summed E-state index contributed by atoms with van der Waals surface area (Å²) in [5, 5.41) is 7.27. The first kappa shape index (κ1) is 20.4. The van der Waals surface area contributed by atoms with Gasteiger partial charge in [-0.3, -0.25) is 4.99 Å². The van der Waals surface area contributed by atoms with Gasteiger partial charge in [-0.1, -0.05) is 48.0 Å². The first-order chi connectivity index (χ1) is 12.0. The van der Waals surface area contributed by atoms with Crippen molar-refractivity contribution in [2.24, 2.45) is 16.3 Å². The van der Waals surface area contributed by atoms with E-state index >= 15 is 0 Å². The van der Waals surface area contributed by atoms with Crippen molar-refractivity contribution in [3.05, 3.63) is 34.3 Å². The van der Waals surface area contributed by atoms with E-state index < -0.39 is 0 Å². The van der Waals surface area contributed by atoms with Gasteiger partial charge in [-0.15, -0.1) is 24.0 Å². The van der Waals surface area contributed by atoms with Gasteiger partial charge in [-0.25, -0.2) is 0 Å². The quantitative estimate of drug-likeness (QED) is 0.348. The molecule has 0 radical (unpaired) electrons. The summed E-state index contributed by atoms with van der Waals surface area (Å²) in [7, 11) is 1.86. The van der Waals surface area contributed by atoms with Crippen LogP contribution in [0.4, 0.5) is 0 Å². The standard InChI is InChI=1S/C20H28BrN3O.HI/c1-19(2)16(13-8-11-25-17(13)19)24-18(22-3)23-12-20(9-10-20)14-6-4-5-7-15(14)21;/h4-7,13,16-17H,8-12H2,1-3H3,(H2,22,23,24);1H. The number of aliphatic imine (C=N–C) groups is 1. The molecule has 6 heteroatoms. The van der Waals surface area contributed by atoms with Crippen LogP contribution in [-0.4, -0.2) is 38.3 Å². The Kier molecular flexibility index (Phi) is 5.95. The summed E-state index contributed by atoms with van der Waals surface area (Å²) in [6, 6.07) is 9.02. The van der Waals surface area contributed by atoms with Gasteiger partial charge >= 0.3 is 0 Å². The molecule has 0 spiro atoms. The second-order valence-corrected chi connectivity index (χ2v) is 9.23. The van der Waals surface area contributed by atoms with Crippen molar-refractivity contribution in [1.82, 2.24) is 10.6 Å². The molecule has 1 heterocycles. The number of fused-ring (bicyclic) bond motifs is 1. The van der Waals surface area contributed by atoms with E-state index in [-0.39, 0.29) is 34.8 Å². The average Bonchev–Trinajstić information content (AvgIpc) is 3.24. The van der Waals surface area contributed by atoms with E-state index in [0.717, 1.165) is 25.5 Å². The van der Waals surface area contributed by atoms with Gasteiger partial charge in [0.1, 0.15) is 0 Å². The molecular weight excluding hydrogens is 505 g/mol. The van der Waals surface area contributed by atoms with Gasteiger partial charge in [0, 0.05) is 47.5 Å². The highest BCUT2D eigenvalue weighted by molar-refractivity contribution is 14.0. The molecule has 1 aliphatic heterocycles. The number of benzene rings is 1. The molecule has 3 fully saturated rings. The Morgan fingerprint density at radius 3 is 2.69 bits per heavy atom. The molecule has 2 saturated carbocycles. The average molecular weight is 534 g/mol. The van der Waals surface area contributed by atoms with E-state index in [4.69, 9.17) is 4.74 Å². The second kappa shape index (κ2) is 7.59. The summed E-state index contributed by atoms with van der Waals surface area (Å²) in [6.45, 7) is 6.42. The van der Waals surface area contributed by atoms with E-state index in [0.29, 0.717) is 18.1 Å². The number of ether oxygens (including phenoxy) is 1. The smallest absolute Gasteiger partial charge is 0.191 e. The molecule has 4 rings (SSSR count). The number of hydrogen-bond donors (Lipinski definition) is 2. The Morgan fingerprint density at radius 2 is 2.04 bits per heavy atom. The molecule has 2 N–H and O–H groups in total. The van der Waals surface area contributed by atoms with Gasteiger partial charge in [0.2, 0.25) is 0 Å². The Hall–Kier alpha value is -0.340. The van der Waals surface area contributed by atoms with Gasteiger partial charge in [-0.2, -0.15) is 0 Å². The lowest BCUT2D eigenvalue weighted by atomic mass is 9.57. The molecule has 1 aromatic rings. The van der Waals surface area contributed by atoms with Crippen LogP contribution in [0.1, 0.15) is 38.7 Å². The normalized spacial score (nSPS) is 30.6. The zero-order chi connectivity index (χ0) is 17.7. The Bertz CT molecular complexity index is 689. The molecule has 3 atom stereocenters. The molecular formula is C20H29BrIN3O. The van der Waals surface area contributed by atoms with E-state index in [9.17, 15) is 0 Å². The van der Waals surface area contributed by atoms with Crippen LogP contribution in [-0.2, 0) is 10.2 Å². The predicted molar refractivity (Wildman–Crippen MR) is 120 cm³/mol. The second-order valence-electron chi connectivity index (χ2n) is 8.37. The molecule has 3 unspecified atom stereocenters. The van der Waals surface area contributed by atoms with Crippen LogP contribution in [0.25, 0.3) is 0 Å². The van der Waals surface area contributed by atoms with Crippen molar-refractivity contribution in [2.75, 3.05) is 20.2 Å². The van der Waals surface area contributed by atoms with Gasteiger partial charge in [0.15, 0.2) is 5.96 Å². The first-order valence-electron chi connectivity index (χ1n) is 9.32. The van der Waals surface area contributed by atoms with Crippen LogP contribution in [0.15, 0.2) is 33.7 Å². The summed E-state index contributed by atoms with van der Waals surface area (Å²) < 4.78 is 7.11. The van der Waals surface area contributed by atoms with Gasteiger partial charge in [0.05, 0.1) is 6.10 Å². The maximum absolute atomic E-state index is 5.90. The molecule has 4 nitrogen and oxygen atoms in total. The number of hydrogen-bond acceptors (Lipinski definition) is 2. The number of nitrogens with zero attached hydrogens (tertiary/aromatic N) is 1. The highest BCUT2D eigenvalue weighted by Gasteiger charge is 2.59. The number of rotatable bonds is 4.